The van der Waals surface area contributed by atoms with Gasteiger partial charge in [0.15, 0.2) is 0 Å². The van der Waals surface area contributed by atoms with Gasteiger partial charge >= 0.3 is 5.97 Å². The Balaban J connectivity index is 3.31. The van der Waals surface area contributed by atoms with Crippen molar-refractivity contribution in [1.29, 1.82) is 0 Å². The van der Waals surface area contributed by atoms with Gasteiger partial charge in [-0.2, -0.15) is 0 Å². The first-order valence-corrected chi connectivity index (χ1v) is 44.1. The summed E-state index contributed by atoms with van der Waals surface area (Å²) >= 11 is 0. The third-order valence-corrected chi connectivity index (χ3v) is 21.0. The molecule has 0 heterocycles. The van der Waals surface area contributed by atoms with Crippen LogP contribution in [0.25, 0.3) is 0 Å². The molecule has 0 radical (unpaired) electrons. The molecular formula is C89H173NO5. The summed E-state index contributed by atoms with van der Waals surface area (Å²) < 4.78 is 5.50. The third-order valence-electron chi connectivity index (χ3n) is 21.0. The van der Waals surface area contributed by atoms with E-state index in [-0.39, 0.29) is 18.5 Å². The van der Waals surface area contributed by atoms with Gasteiger partial charge in [-0.3, -0.25) is 9.59 Å². The number of carbonyl (C=O) groups is 2. The molecule has 0 spiro atoms. The zero-order valence-electron chi connectivity index (χ0n) is 64.9. The van der Waals surface area contributed by atoms with Crippen molar-refractivity contribution in [3.63, 3.8) is 0 Å². The normalized spacial score (nSPS) is 12.5. The molecule has 1 amide bonds. The molecule has 0 saturated carbocycles. The number of amides is 1. The third kappa shape index (κ3) is 81.2. The first-order valence-electron chi connectivity index (χ1n) is 44.1. The highest BCUT2D eigenvalue weighted by atomic mass is 16.5. The standard InChI is InChI=1S/C89H173NO5/c1-3-5-7-9-11-13-15-17-19-21-22-23-24-38-41-44-47-50-53-57-61-65-69-73-77-81-87(92)86(85-91)90-88(93)82-78-74-70-66-62-58-54-51-48-45-42-39-36-34-32-30-28-26-25-27-29-31-33-35-37-40-43-46-49-52-56-60-64-68-72-76-80-84-95-89(94)83-79-75-71-67-63-59-55-20-18-16-14-12-10-8-6-4-2/h14,16,20,55,86-87,91-92H,3-13,15,17-19,21-54,56-85H2,1-2H3,(H,90,93)/b16-14-,55-20-. The predicted octanol–water partition coefficient (Wildman–Crippen LogP) is 29.6. The quantitative estimate of drug-likeness (QED) is 0.0320. The molecule has 564 valence electrons. The van der Waals surface area contributed by atoms with Gasteiger partial charge in [0.05, 0.1) is 25.4 Å². The van der Waals surface area contributed by atoms with Gasteiger partial charge in [0.2, 0.25) is 5.91 Å². The molecule has 3 N–H and O–H groups in total. The number of carbonyl (C=O) groups excluding carboxylic acids is 2. The van der Waals surface area contributed by atoms with Crippen molar-refractivity contribution in [2.45, 2.75) is 520 Å². The Morgan fingerprint density at radius 2 is 0.526 bits per heavy atom. The van der Waals surface area contributed by atoms with Crippen LogP contribution in [0.5, 0.6) is 0 Å². The van der Waals surface area contributed by atoms with Crippen molar-refractivity contribution in [3.05, 3.63) is 24.3 Å². The molecule has 0 aromatic heterocycles. The summed E-state index contributed by atoms with van der Waals surface area (Å²) in [4.78, 5) is 24.7. The van der Waals surface area contributed by atoms with E-state index in [0.717, 1.165) is 51.4 Å². The van der Waals surface area contributed by atoms with Crippen LogP contribution in [-0.4, -0.2) is 47.4 Å². The number of esters is 1. The highest BCUT2D eigenvalue weighted by Crippen LogP contribution is 2.21. The zero-order chi connectivity index (χ0) is 68.4. The fourth-order valence-electron chi connectivity index (χ4n) is 14.3. The van der Waals surface area contributed by atoms with E-state index in [1.807, 2.05) is 0 Å². The molecule has 2 atom stereocenters. The molecule has 2 unspecified atom stereocenters. The van der Waals surface area contributed by atoms with Crippen molar-refractivity contribution in [3.8, 4) is 0 Å². The summed E-state index contributed by atoms with van der Waals surface area (Å²) in [6.07, 6.45) is 110. The zero-order valence-corrected chi connectivity index (χ0v) is 64.9. The number of rotatable bonds is 84. The van der Waals surface area contributed by atoms with E-state index in [0.29, 0.717) is 25.9 Å². The van der Waals surface area contributed by atoms with E-state index < -0.39 is 12.1 Å². The molecule has 0 aliphatic heterocycles. The summed E-state index contributed by atoms with van der Waals surface area (Å²) in [7, 11) is 0. The van der Waals surface area contributed by atoms with Crippen LogP contribution in [0.15, 0.2) is 24.3 Å². The van der Waals surface area contributed by atoms with Crippen molar-refractivity contribution < 1.29 is 24.5 Å². The molecule has 0 aliphatic rings. The second-order valence-electron chi connectivity index (χ2n) is 30.6. The van der Waals surface area contributed by atoms with E-state index in [4.69, 9.17) is 4.74 Å². The maximum atomic E-state index is 12.6. The number of ether oxygens (including phenoxy) is 1. The van der Waals surface area contributed by atoms with Crippen LogP contribution in [-0.2, 0) is 14.3 Å². The second kappa shape index (κ2) is 84.8. The average Bonchev–Trinajstić information content (AvgIpc) is 2.97. The molecule has 0 aromatic carbocycles. The van der Waals surface area contributed by atoms with Gasteiger partial charge in [-0.1, -0.05) is 462 Å². The molecule has 0 fully saturated rings. The average molecular weight is 1340 g/mol. The maximum absolute atomic E-state index is 12.6. The van der Waals surface area contributed by atoms with Crippen LogP contribution in [0.4, 0.5) is 0 Å². The van der Waals surface area contributed by atoms with Gasteiger partial charge in [-0.15, -0.1) is 0 Å². The minimum absolute atomic E-state index is 0.0110. The lowest BCUT2D eigenvalue weighted by atomic mass is 10.0. The highest BCUT2D eigenvalue weighted by molar-refractivity contribution is 5.76. The van der Waals surface area contributed by atoms with Gasteiger partial charge < -0.3 is 20.3 Å². The lowest BCUT2D eigenvalue weighted by Crippen LogP contribution is -2.45. The first kappa shape index (κ1) is 93.3. The van der Waals surface area contributed by atoms with E-state index in [1.165, 1.54) is 424 Å². The summed E-state index contributed by atoms with van der Waals surface area (Å²) in [5.74, 6) is -0.0116. The summed E-state index contributed by atoms with van der Waals surface area (Å²) in [6.45, 7) is 4.99. The van der Waals surface area contributed by atoms with E-state index in [1.54, 1.807) is 0 Å². The van der Waals surface area contributed by atoms with Gasteiger partial charge in [0.25, 0.3) is 0 Å². The highest BCUT2D eigenvalue weighted by Gasteiger charge is 2.20. The monoisotopic (exact) mass is 1340 g/mol. The number of hydrogen-bond acceptors (Lipinski definition) is 5. The Kier molecular flexibility index (Phi) is 83.3. The molecule has 6 heteroatoms. The number of hydrogen-bond donors (Lipinski definition) is 3. The smallest absolute Gasteiger partial charge is 0.305 e. The van der Waals surface area contributed by atoms with Crippen molar-refractivity contribution in [2.24, 2.45) is 0 Å². The maximum Gasteiger partial charge on any atom is 0.305 e. The summed E-state index contributed by atoms with van der Waals surface area (Å²) in [5, 5.41) is 23.5. The Bertz CT molecular complexity index is 1500. The fourth-order valence-corrected chi connectivity index (χ4v) is 14.3. The summed E-state index contributed by atoms with van der Waals surface area (Å²) in [5.41, 5.74) is 0. The SMILES string of the molecule is CCCCCC/C=C\C/C=C\CCCCCCCC(=O)OCCCCCCCCCCCCCCCCCCCCCCCCCCCCCCCCCCCCCCCC(=O)NC(CO)C(O)CCCCCCCCCCCCCCCCCCCCCCCCCCC. The molecule has 6 nitrogen and oxygen atoms in total. The fraction of sp³-hybridized carbons (Fsp3) is 0.933. The Hall–Kier alpha value is -1.66. The molecule has 0 aliphatic carbocycles. The lowest BCUT2D eigenvalue weighted by molar-refractivity contribution is -0.143. The molecule has 0 saturated heterocycles. The van der Waals surface area contributed by atoms with Crippen LogP contribution in [0.2, 0.25) is 0 Å². The lowest BCUT2D eigenvalue weighted by Gasteiger charge is -2.22. The Labute approximate surface area is 596 Å². The number of aliphatic hydroxyl groups excluding tert-OH is 2. The Morgan fingerprint density at radius 1 is 0.295 bits per heavy atom. The van der Waals surface area contributed by atoms with Crippen molar-refractivity contribution in [2.75, 3.05) is 13.2 Å². The molecule has 0 rings (SSSR count). The molecule has 0 bridgehead atoms. The topological polar surface area (TPSA) is 95.9 Å². The van der Waals surface area contributed by atoms with Crippen LogP contribution < -0.4 is 5.32 Å². The van der Waals surface area contributed by atoms with Crippen LogP contribution in [0.1, 0.15) is 508 Å². The number of nitrogens with one attached hydrogen (secondary N) is 1. The van der Waals surface area contributed by atoms with E-state index >= 15 is 0 Å². The van der Waals surface area contributed by atoms with Crippen LogP contribution in [0.3, 0.4) is 0 Å². The number of aliphatic hydroxyl groups is 2. The number of allylic oxidation sites excluding steroid dienone is 4. The van der Waals surface area contributed by atoms with Crippen molar-refractivity contribution in [1.82, 2.24) is 5.32 Å². The van der Waals surface area contributed by atoms with Gasteiger partial charge in [-0.25, -0.2) is 0 Å². The van der Waals surface area contributed by atoms with E-state index in [9.17, 15) is 19.8 Å². The van der Waals surface area contributed by atoms with Gasteiger partial charge in [0, 0.05) is 12.8 Å². The van der Waals surface area contributed by atoms with Crippen molar-refractivity contribution >= 4 is 11.9 Å². The number of unbranched alkanes of at least 4 members (excludes halogenated alkanes) is 69. The molecule has 95 heavy (non-hydrogen) atoms. The van der Waals surface area contributed by atoms with Crippen LogP contribution in [0, 0.1) is 0 Å². The minimum atomic E-state index is -0.662. The first-order chi connectivity index (χ1) is 47.0. The van der Waals surface area contributed by atoms with Gasteiger partial charge in [-0.05, 0) is 57.8 Å². The summed E-state index contributed by atoms with van der Waals surface area (Å²) in [6, 6.07) is -0.538. The van der Waals surface area contributed by atoms with Crippen LogP contribution >= 0.6 is 0 Å². The predicted molar refractivity (Wildman–Crippen MR) is 421 cm³/mol. The molecular weight excluding hydrogens is 1160 g/mol. The largest absolute Gasteiger partial charge is 0.466 e. The van der Waals surface area contributed by atoms with Gasteiger partial charge in [0.1, 0.15) is 0 Å². The Morgan fingerprint density at radius 3 is 0.811 bits per heavy atom. The second-order valence-corrected chi connectivity index (χ2v) is 30.6. The minimum Gasteiger partial charge on any atom is -0.466 e. The van der Waals surface area contributed by atoms with E-state index in [2.05, 4.69) is 43.5 Å². The molecule has 0 aromatic rings.